The van der Waals surface area contributed by atoms with E-state index in [0.717, 1.165) is 0 Å². The first-order valence-corrected chi connectivity index (χ1v) is 10.7. The number of rotatable bonds is 4. The van der Waals surface area contributed by atoms with Crippen LogP contribution in [-0.2, 0) is 21.2 Å². The van der Waals surface area contributed by atoms with Gasteiger partial charge < -0.3 is 5.32 Å². The minimum Gasteiger partial charge on any atom is -0.324 e. The molecule has 28 heavy (non-hydrogen) atoms. The van der Waals surface area contributed by atoms with Crippen LogP contribution in [0.15, 0.2) is 41.6 Å². The fourth-order valence-electron chi connectivity index (χ4n) is 3.24. The number of hydrogen-bond donors (Lipinski definition) is 1. The molecule has 1 atom stereocenters. The zero-order valence-corrected chi connectivity index (χ0v) is 16.2. The molecule has 0 aliphatic carbocycles. The third-order valence-corrected chi connectivity index (χ3v) is 6.54. The Kier molecular flexibility index (Phi) is 4.68. The van der Waals surface area contributed by atoms with E-state index in [1.165, 1.54) is 21.8 Å². The van der Waals surface area contributed by atoms with E-state index in [4.69, 9.17) is 11.6 Å². The van der Waals surface area contributed by atoms with E-state index in [9.17, 15) is 18.0 Å². The number of amides is 1. The molecule has 3 aromatic rings. The standard InChI is InChI=1S/C17H16ClN5O4S/c18-11-2-1-3-12(6-11)21-15(24)8-22-10-19-16-14(17(22)25)7-20-23(16)13-4-5-28(26,27)9-13/h1-3,6-7,10,13H,4-5,8-9H2,(H,21,24). The summed E-state index contributed by atoms with van der Waals surface area (Å²) >= 11 is 5.89. The molecule has 1 fully saturated rings. The van der Waals surface area contributed by atoms with E-state index < -0.39 is 21.3 Å². The first-order valence-electron chi connectivity index (χ1n) is 8.51. The van der Waals surface area contributed by atoms with Gasteiger partial charge in [0.1, 0.15) is 18.3 Å². The molecule has 1 amide bonds. The Balaban J connectivity index is 1.57. The summed E-state index contributed by atoms with van der Waals surface area (Å²) in [5.74, 6) is -0.323. The first kappa shape index (κ1) is 18.6. The molecule has 1 aromatic carbocycles. The van der Waals surface area contributed by atoms with Gasteiger partial charge in [-0.1, -0.05) is 17.7 Å². The summed E-state index contributed by atoms with van der Waals surface area (Å²) in [7, 11) is -3.09. The van der Waals surface area contributed by atoms with E-state index in [2.05, 4.69) is 15.4 Å². The molecular formula is C17H16ClN5O4S. The van der Waals surface area contributed by atoms with Crippen LogP contribution in [0.4, 0.5) is 5.69 Å². The van der Waals surface area contributed by atoms with Gasteiger partial charge in [-0.2, -0.15) is 5.10 Å². The van der Waals surface area contributed by atoms with E-state index >= 15 is 0 Å². The Labute approximate surface area is 164 Å². The first-order chi connectivity index (χ1) is 13.3. The lowest BCUT2D eigenvalue weighted by Gasteiger charge is -2.10. The van der Waals surface area contributed by atoms with Crippen molar-refractivity contribution in [1.29, 1.82) is 0 Å². The van der Waals surface area contributed by atoms with Gasteiger partial charge in [-0.05, 0) is 24.6 Å². The number of carbonyl (C=O) groups is 1. The second-order valence-corrected chi connectivity index (χ2v) is 9.28. The van der Waals surface area contributed by atoms with Crippen molar-refractivity contribution in [2.45, 2.75) is 19.0 Å². The normalized spacial score (nSPS) is 18.4. The van der Waals surface area contributed by atoms with Crippen LogP contribution in [0, 0.1) is 0 Å². The highest BCUT2D eigenvalue weighted by Crippen LogP contribution is 2.25. The molecule has 1 unspecified atom stereocenters. The third kappa shape index (κ3) is 3.65. The molecule has 2 aromatic heterocycles. The van der Waals surface area contributed by atoms with Gasteiger partial charge in [0.2, 0.25) is 5.91 Å². The zero-order valence-electron chi connectivity index (χ0n) is 14.6. The van der Waals surface area contributed by atoms with Crippen molar-refractivity contribution in [2.24, 2.45) is 0 Å². The Morgan fingerprint density at radius 1 is 1.36 bits per heavy atom. The summed E-state index contributed by atoms with van der Waals surface area (Å²) in [4.78, 5) is 29.2. The van der Waals surface area contributed by atoms with E-state index in [1.807, 2.05) is 0 Å². The SMILES string of the molecule is O=C(Cn1cnc2c(cnn2C2CCS(=O)(=O)C2)c1=O)Nc1cccc(Cl)c1. The van der Waals surface area contributed by atoms with E-state index in [0.29, 0.717) is 22.8 Å². The molecule has 0 spiro atoms. The predicted octanol–water partition coefficient (Wildman–Crippen LogP) is 1.24. The number of hydrogen-bond acceptors (Lipinski definition) is 6. The van der Waals surface area contributed by atoms with Crippen molar-refractivity contribution in [2.75, 3.05) is 16.8 Å². The maximum absolute atomic E-state index is 12.7. The number of sulfone groups is 1. The average molecular weight is 422 g/mol. The lowest BCUT2D eigenvalue weighted by Crippen LogP contribution is -2.28. The lowest BCUT2D eigenvalue weighted by molar-refractivity contribution is -0.116. The molecule has 4 rings (SSSR count). The Morgan fingerprint density at radius 2 is 2.18 bits per heavy atom. The van der Waals surface area contributed by atoms with Crippen molar-refractivity contribution in [3.63, 3.8) is 0 Å². The summed E-state index contributed by atoms with van der Waals surface area (Å²) in [6.45, 7) is -0.225. The molecule has 1 N–H and O–H groups in total. The molecule has 1 aliphatic heterocycles. The van der Waals surface area contributed by atoms with Crippen molar-refractivity contribution in [1.82, 2.24) is 19.3 Å². The van der Waals surface area contributed by atoms with Gasteiger partial charge in [0.25, 0.3) is 5.56 Å². The average Bonchev–Trinajstić information content (AvgIpc) is 3.20. The maximum Gasteiger partial charge on any atom is 0.264 e. The smallest absolute Gasteiger partial charge is 0.264 e. The van der Waals surface area contributed by atoms with Crippen LogP contribution in [-0.4, -0.2) is 45.2 Å². The molecule has 3 heterocycles. The van der Waals surface area contributed by atoms with Crippen molar-refractivity contribution in [3.8, 4) is 0 Å². The van der Waals surface area contributed by atoms with Crippen LogP contribution in [0.3, 0.4) is 0 Å². The summed E-state index contributed by atoms with van der Waals surface area (Å²) in [6.07, 6.45) is 3.07. The molecule has 0 saturated carbocycles. The van der Waals surface area contributed by atoms with Crippen molar-refractivity contribution >= 4 is 44.1 Å². The predicted molar refractivity (Wildman–Crippen MR) is 104 cm³/mol. The van der Waals surface area contributed by atoms with Crippen LogP contribution in [0.25, 0.3) is 11.0 Å². The quantitative estimate of drug-likeness (QED) is 0.677. The van der Waals surface area contributed by atoms with Gasteiger partial charge in [-0.25, -0.2) is 18.1 Å². The Morgan fingerprint density at radius 3 is 2.89 bits per heavy atom. The number of nitrogens with one attached hydrogen (secondary N) is 1. The van der Waals surface area contributed by atoms with Crippen LogP contribution in [0.2, 0.25) is 5.02 Å². The number of nitrogens with zero attached hydrogens (tertiary/aromatic N) is 4. The van der Waals surface area contributed by atoms with E-state index in [1.54, 1.807) is 24.3 Å². The third-order valence-electron chi connectivity index (χ3n) is 4.56. The van der Waals surface area contributed by atoms with Crippen LogP contribution < -0.4 is 10.9 Å². The second kappa shape index (κ2) is 7.02. The van der Waals surface area contributed by atoms with Crippen LogP contribution >= 0.6 is 11.6 Å². The summed E-state index contributed by atoms with van der Waals surface area (Å²) in [5, 5.41) is 7.55. The van der Waals surface area contributed by atoms with Gasteiger partial charge >= 0.3 is 0 Å². The fraction of sp³-hybridized carbons (Fsp3) is 0.294. The van der Waals surface area contributed by atoms with Gasteiger partial charge in [-0.3, -0.25) is 14.2 Å². The molecule has 146 valence electrons. The number of aromatic nitrogens is 4. The van der Waals surface area contributed by atoms with Gasteiger partial charge in [-0.15, -0.1) is 0 Å². The van der Waals surface area contributed by atoms with Gasteiger partial charge in [0.05, 0.1) is 23.7 Å². The molecule has 11 heteroatoms. The Hall–Kier alpha value is -2.72. The number of benzene rings is 1. The number of anilines is 1. The number of halogens is 1. The summed E-state index contributed by atoms with van der Waals surface area (Å²) < 4.78 is 26.1. The van der Waals surface area contributed by atoms with Gasteiger partial charge in [0, 0.05) is 10.7 Å². The minimum absolute atomic E-state index is 0.0173. The number of carbonyl (C=O) groups excluding carboxylic acids is 1. The highest BCUT2D eigenvalue weighted by molar-refractivity contribution is 7.91. The van der Waals surface area contributed by atoms with Crippen molar-refractivity contribution in [3.05, 3.63) is 52.2 Å². The highest BCUT2D eigenvalue weighted by atomic mass is 35.5. The monoisotopic (exact) mass is 421 g/mol. The Bertz CT molecular complexity index is 1230. The topological polar surface area (TPSA) is 116 Å². The molecule has 9 nitrogen and oxygen atoms in total. The molecule has 0 radical (unpaired) electrons. The molecule has 1 saturated heterocycles. The highest BCUT2D eigenvalue weighted by Gasteiger charge is 2.31. The van der Waals surface area contributed by atoms with Crippen LogP contribution in [0.5, 0.6) is 0 Å². The summed E-state index contributed by atoms with van der Waals surface area (Å²) in [5.41, 5.74) is 0.423. The zero-order chi connectivity index (χ0) is 19.9. The fourth-order valence-corrected chi connectivity index (χ4v) is 5.12. The number of fused-ring (bicyclic) bond motifs is 1. The second-order valence-electron chi connectivity index (χ2n) is 6.62. The minimum atomic E-state index is -3.09. The summed E-state index contributed by atoms with van der Waals surface area (Å²) in [6, 6.07) is 6.34. The molecular weight excluding hydrogens is 406 g/mol. The lowest BCUT2D eigenvalue weighted by atomic mass is 10.3. The molecule has 1 aliphatic rings. The maximum atomic E-state index is 12.7. The van der Waals surface area contributed by atoms with Crippen LogP contribution in [0.1, 0.15) is 12.5 Å². The van der Waals surface area contributed by atoms with Crippen molar-refractivity contribution < 1.29 is 13.2 Å². The van der Waals surface area contributed by atoms with Gasteiger partial charge in [0.15, 0.2) is 15.5 Å². The van der Waals surface area contributed by atoms with E-state index in [-0.39, 0.29) is 29.5 Å². The largest absolute Gasteiger partial charge is 0.324 e. The molecule has 0 bridgehead atoms.